The molecule has 0 amide bonds. The van der Waals surface area contributed by atoms with Crippen LogP contribution in [0.2, 0.25) is 0 Å². The van der Waals surface area contributed by atoms with Crippen LogP contribution in [-0.2, 0) is 6.54 Å². The molecule has 0 aliphatic carbocycles. The number of nitrogens with zero attached hydrogens (tertiary/aromatic N) is 4. The van der Waals surface area contributed by atoms with Crippen molar-refractivity contribution in [3.8, 4) is 5.75 Å². The number of β-amino-alcohol motifs (C(OH)–C–C–N with tert-alkyl or cyclic N) is 1. The van der Waals surface area contributed by atoms with Gasteiger partial charge in [0.2, 0.25) is 0 Å². The Morgan fingerprint density at radius 3 is 2.79 bits per heavy atom. The van der Waals surface area contributed by atoms with Crippen molar-refractivity contribution in [2.45, 2.75) is 18.6 Å². The lowest BCUT2D eigenvalue weighted by Gasteiger charge is -2.24. The molecule has 1 aromatic carbocycles. The fourth-order valence-electron chi connectivity index (χ4n) is 3.25. The molecule has 0 unspecified atom stereocenters. The number of aromatic nitrogens is 2. The van der Waals surface area contributed by atoms with Gasteiger partial charge in [-0.15, -0.1) is 0 Å². The van der Waals surface area contributed by atoms with E-state index in [1.165, 1.54) is 0 Å². The first-order chi connectivity index (χ1) is 13.5. The van der Waals surface area contributed by atoms with Crippen LogP contribution in [0.3, 0.4) is 0 Å². The predicted molar refractivity (Wildman–Crippen MR) is 108 cm³/mol. The Balaban J connectivity index is 1.49. The normalized spacial score (nSPS) is 19.1. The number of hydrogen-bond donors (Lipinski definition) is 2. The molecular formula is C20H28FN5O2. The van der Waals surface area contributed by atoms with Gasteiger partial charge >= 0.3 is 0 Å². The summed E-state index contributed by atoms with van der Waals surface area (Å²) in [6.07, 6.45) is 2.23. The Kier molecular flexibility index (Phi) is 6.64. The minimum atomic E-state index is -0.798. The Bertz CT molecular complexity index is 759. The Hall–Kier alpha value is -2.45. The molecule has 0 bridgehead atoms. The highest BCUT2D eigenvalue weighted by Crippen LogP contribution is 2.26. The lowest BCUT2D eigenvalue weighted by atomic mass is 10.0. The van der Waals surface area contributed by atoms with Gasteiger partial charge in [-0.2, -0.15) is 0 Å². The van der Waals surface area contributed by atoms with Crippen molar-refractivity contribution in [2.75, 3.05) is 56.8 Å². The highest BCUT2D eigenvalue weighted by Gasteiger charge is 2.36. The molecule has 1 saturated heterocycles. The second kappa shape index (κ2) is 9.16. The van der Waals surface area contributed by atoms with E-state index in [9.17, 15) is 9.50 Å². The number of alkyl halides is 1. The van der Waals surface area contributed by atoms with E-state index in [4.69, 9.17) is 4.74 Å². The maximum absolute atomic E-state index is 12.1. The molecular weight excluding hydrogens is 361 g/mol. The Morgan fingerprint density at radius 1 is 1.29 bits per heavy atom. The van der Waals surface area contributed by atoms with Crippen molar-refractivity contribution in [3.05, 3.63) is 42.2 Å². The standard InChI is InChI=1S/C20H28FN5O2/c1-25(2)18-11-19(24-15-23-18)26-9-7-20(27,14-26)13-22-12-16-3-5-17(6-4-16)28-10-8-21/h3-6,11,15,22,27H,7-10,12-14H2,1-2H3/t20-/m1/s1. The van der Waals surface area contributed by atoms with Crippen molar-refractivity contribution in [1.29, 1.82) is 0 Å². The minimum absolute atomic E-state index is 0.0729. The van der Waals surface area contributed by atoms with Gasteiger partial charge in [0.25, 0.3) is 0 Å². The largest absolute Gasteiger partial charge is 0.491 e. The summed E-state index contributed by atoms with van der Waals surface area (Å²) >= 11 is 0. The van der Waals surface area contributed by atoms with Gasteiger partial charge in [-0.1, -0.05) is 12.1 Å². The van der Waals surface area contributed by atoms with Gasteiger partial charge in [0.15, 0.2) is 0 Å². The highest BCUT2D eigenvalue weighted by atomic mass is 19.1. The number of aliphatic hydroxyl groups is 1. The van der Waals surface area contributed by atoms with Crippen LogP contribution < -0.4 is 19.9 Å². The molecule has 2 aromatic rings. The zero-order valence-corrected chi connectivity index (χ0v) is 16.4. The molecule has 0 spiro atoms. The first-order valence-electron chi connectivity index (χ1n) is 9.44. The molecule has 152 valence electrons. The summed E-state index contributed by atoms with van der Waals surface area (Å²) in [6.45, 7) is 2.00. The average Bonchev–Trinajstić information content (AvgIpc) is 3.10. The van der Waals surface area contributed by atoms with Crippen molar-refractivity contribution in [1.82, 2.24) is 15.3 Å². The second-order valence-electron chi connectivity index (χ2n) is 7.31. The summed E-state index contributed by atoms with van der Waals surface area (Å²) in [5, 5.41) is 14.2. The summed E-state index contributed by atoms with van der Waals surface area (Å²) < 4.78 is 17.4. The van der Waals surface area contributed by atoms with Crippen LogP contribution in [0.15, 0.2) is 36.7 Å². The molecule has 7 nitrogen and oxygen atoms in total. The third-order valence-corrected chi connectivity index (χ3v) is 4.81. The van der Waals surface area contributed by atoms with Crippen LogP contribution in [0.25, 0.3) is 0 Å². The molecule has 8 heteroatoms. The molecule has 1 aliphatic heterocycles. The zero-order valence-electron chi connectivity index (χ0n) is 16.4. The van der Waals surface area contributed by atoms with E-state index in [2.05, 4.69) is 20.2 Å². The maximum Gasteiger partial charge on any atom is 0.134 e. The van der Waals surface area contributed by atoms with Crippen LogP contribution >= 0.6 is 0 Å². The number of benzene rings is 1. The third kappa shape index (κ3) is 5.30. The van der Waals surface area contributed by atoms with Crippen LogP contribution in [0, 0.1) is 0 Å². The zero-order chi connectivity index (χ0) is 20.0. The summed E-state index contributed by atoms with van der Waals surface area (Å²) in [5.41, 5.74) is 0.283. The Labute approximate surface area is 165 Å². The summed E-state index contributed by atoms with van der Waals surface area (Å²) in [7, 11) is 3.88. The summed E-state index contributed by atoms with van der Waals surface area (Å²) in [4.78, 5) is 12.6. The quantitative estimate of drug-likeness (QED) is 0.675. The molecule has 3 rings (SSSR count). The van der Waals surface area contributed by atoms with E-state index in [0.717, 1.165) is 23.7 Å². The third-order valence-electron chi connectivity index (χ3n) is 4.81. The van der Waals surface area contributed by atoms with Gasteiger partial charge in [0.1, 0.15) is 37.0 Å². The monoisotopic (exact) mass is 389 g/mol. The number of anilines is 2. The number of ether oxygens (including phenoxy) is 1. The van der Waals surface area contributed by atoms with Crippen LogP contribution in [0.4, 0.5) is 16.0 Å². The van der Waals surface area contributed by atoms with Crippen molar-refractivity contribution in [3.63, 3.8) is 0 Å². The molecule has 0 radical (unpaired) electrons. The number of hydrogen-bond acceptors (Lipinski definition) is 7. The summed E-state index contributed by atoms with van der Waals surface area (Å²) in [5.74, 6) is 2.34. The van der Waals surface area contributed by atoms with E-state index in [0.29, 0.717) is 31.8 Å². The molecule has 28 heavy (non-hydrogen) atoms. The summed E-state index contributed by atoms with van der Waals surface area (Å²) in [6, 6.07) is 9.47. The van der Waals surface area contributed by atoms with Gasteiger partial charge in [0, 0.05) is 46.3 Å². The van der Waals surface area contributed by atoms with E-state index in [-0.39, 0.29) is 6.61 Å². The lowest BCUT2D eigenvalue weighted by molar-refractivity contribution is 0.0626. The lowest BCUT2D eigenvalue weighted by Crippen LogP contribution is -2.43. The molecule has 1 aromatic heterocycles. The van der Waals surface area contributed by atoms with Crippen molar-refractivity contribution >= 4 is 11.6 Å². The Morgan fingerprint density at radius 2 is 2.07 bits per heavy atom. The molecule has 1 aliphatic rings. The minimum Gasteiger partial charge on any atom is -0.491 e. The van der Waals surface area contributed by atoms with E-state index >= 15 is 0 Å². The highest BCUT2D eigenvalue weighted by molar-refractivity contribution is 5.50. The number of nitrogens with one attached hydrogen (secondary N) is 1. The topological polar surface area (TPSA) is 73.8 Å². The smallest absolute Gasteiger partial charge is 0.134 e. The van der Waals surface area contributed by atoms with Crippen LogP contribution in [0.1, 0.15) is 12.0 Å². The van der Waals surface area contributed by atoms with Crippen LogP contribution in [-0.4, -0.2) is 67.7 Å². The van der Waals surface area contributed by atoms with Crippen LogP contribution in [0.5, 0.6) is 5.75 Å². The number of rotatable bonds is 9. The molecule has 2 N–H and O–H groups in total. The van der Waals surface area contributed by atoms with Gasteiger partial charge in [0.05, 0.1) is 5.60 Å². The van der Waals surface area contributed by atoms with Gasteiger partial charge in [-0.25, -0.2) is 14.4 Å². The first-order valence-corrected chi connectivity index (χ1v) is 9.44. The van der Waals surface area contributed by atoms with E-state index < -0.39 is 12.3 Å². The van der Waals surface area contributed by atoms with Crippen molar-refractivity contribution in [2.24, 2.45) is 0 Å². The molecule has 2 heterocycles. The molecule has 1 atom stereocenters. The fraction of sp³-hybridized carbons (Fsp3) is 0.500. The fourth-order valence-corrected chi connectivity index (χ4v) is 3.25. The van der Waals surface area contributed by atoms with Crippen molar-refractivity contribution < 1.29 is 14.2 Å². The maximum atomic E-state index is 12.1. The first kappa shape index (κ1) is 20.3. The number of halogens is 1. The second-order valence-corrected chi connectivity index (χ2v) is 7.31. The van der Waals surface area contributed by atoms with E-state index in [1.54, 1.807) is 6.33 Å². The predicted octanol–water partition coefficient (Wildman–Crippen LogP) is 1.62. The SMILES string of the molecule is CN(C)c1cc(N2CC[C@@](O)(CNCc3ccc(OCCF)cc3)C2)ncn1. The van der Waals surface area contributed by atoms with E-state index in [1.807, 2.05) is 49.3 Å². The average molecular weight is 389 g/mol. The molecule has 0 saturated carbocycles. The molecule has 1 fully saturated rings. The van der Waals surface area contributed by atoms with Gasteiger partial charge in [-0.3, -0.25) is 0 Å². The van der Waals surface area contributed by atoms with Gasteiger partial charge in [-0.05, 0) is 24.1 Å². The van der Waals surface area contributed by atoms with Gasteiger partial charge < -0.3 is 25.0 Å².